The fourth-order valence-electron chi connectivity index (χ4n) is 3.04. The lowest BCUT2D eigenvalue weighted by molar-refractivity contribution is 0.0629. The predicted octanol–water partition coefficient (Wildman–Crippen LogP) is 2.48. The van der Waals surface area contributed by atoms with E-state index < -0.39 is 0 Å². The second kappa shape index (κ2) is 6.14. The first-order valence-electron chi connectivity index (χ1n) is 8.11. The Hall–Kier alpha value is -2.18. The van der Waals surface area contributed by atoms with Crippen molar-refractivity contribution in [3.05, 3.63) is 29.2 Å². The Morgan fingerprint density at radius 2 is 2.17 bits per heavy atom. The van der Waals surface area contributed by atoms with E-state index in [1.165, 1.54) is 0 Å². The van der Waals surface area contributed by atoms with Gasteiger partial charge in [-0.15, -0.1) is 0 Å². The molecule has 124 valence electrons. The summed E-state index contributed by atoms with van der Waals surface area (Å²) in [5, 5.41) is 8.44. The Labute approximate surface area is 135 Å². The largest absolute Gasteiger partial charge is 0.351 e. The maximum Gasteiger partial charge on any atom is 0.292 e. The van der Waals surface area contributed by atoms with Crippen molar-refractivity contribution in [3.8, 4) is 0 Å². The van der Waals surface area contributed by atoms with E-state index in [0.29, 0.717) is 12.3 Å². The van der Waals surface area contributed by atoms with Crippen LogP contribution >= 0.6 is 0 Å². The summed E-state index contributed by atoms with van der Waals surface area (Å²) in [6.07, 6.45) is 1.95. The standard InChI is InChI=1S/C16H23N5O2/c1-10(2)14-8-15(23-19-14)16(22)20-7-5-6-13(9-20)21-12(4)17-11(3)18-21/h8,10,13H,5-7,9H2,1-4H3. The van der Waals surface area contributed by atoms with Crippen LogP contribution in [0.15, 0.2) is 10.6 Å². The van der Waals surface area contributed by atoms with E-state index in [9.17, 15) is 4.79 Å². The maximum atomic E-state index is 12.6. The van der Waals surface area contributed by atoms with Crippen LogP contribution in [0, 0.1) is 13.8 Å². The topological polar surface area (TPSA) is 77.0 Å². The van der Waals surface area contributed by atoms with E-state index in [2.05, 4.69) is 15.2 Å². The van der Waals surface area contributed by atoms with Crippen molar-refractivity contribution in [2.24, 2.45) is 0 Å². The number of aromatic nitrogens is 4. The number of carbonyl (C=O) groups is 1. The van der Waals surface area contributed by atoms with Gasteiger partial charge in [-0.05, 0) is 32.6 Å². The summed E-state index contributed by atoms with van der Waals surface area (Å²) in [7, 11) is 0. The number of hydrogen-bond acceptors (Lipinski definition) is 5. The zero-order valence-corrected chi connectivity index (χ0v) is 14.1. The molecule has 7 nitrogen and oxygen atoms in total. The molecule has 1 unspecified atom stereocenters. The first kappa shape index (κ1) is 15.7. The number of nitrogens with zero attached hydrogens (tertiary/aromatic N) is 5. The molecule has 2 aromatic heterocycles. The molecule has 3 heterocycles. The van der Waals surface area contributed by atoms with Crippen LogP contribution in [0.1, 0.15) is 66.5 Å². The zero-order valence-electron chi connectivity index (χ0n) is 14.1. The Morgan fingerprint density at radius 1 is 1.39 bits per heavy atom. The molecule has 1 amide bonds. The van der Waals surface area contributed by atoms with Gasteiger partial charge >= 0.3 is 0 Å². The first-order chi connectivity index (χ1) is 11.0. The van der Waals surface area contributed by atoms with Gasteiger partial charge in [0.05, 0.1) is 11.7 Å². The van der Waals surface area contributed by atoms with Gasteiger partial charge in [0.25, 0.3) is 5.91 Å². The van der Waals surface area contributed by atoms with E-state index in [-0.39, 0.29) is 17.9 Å². The Balaban J connectivity index is 1.75. The Bertz CT molecular complexity index is 703. The van der Waals surface area contributed by atoms with Crippen LogP contribution in [0.25, 0.3) is 0 Å². The molecule has 0 radical (unpaired) electrons. The van der Waals surface area contributed by atoms with Gasteiger partial charge in [-0.25, -0.2) is 9.67 Å². The SMILES string of the molecule is Cc1nc(C)n(C2CCCN(C(=O)c3cc(C(C)C)no3)C2)n1. The highest BCUT2D eigenvalue weighted by atomic mass is 16.5. The molecule has 1 aliphatic rings. The molecule has 0 saturated carbocycles. The normalized spacial score (nSPS) is 18.7. The molecule has 2 aromatic rings. The lowest BCUT2D eigenvalue weighted by atomic mass is 10.1. The number of piperidine rings is 1. The van der Waals surface area contributed by atoms with Crippen LogP contribution in [-0.4, -0.2) is 43.8 Å². The predicted molar refractivity (Wildman–Crippen MR) is 84.3 cm³/mol. The average Bonchev–Trinajstić information content (AvgIpc) is 3.13. The van der Waals surface area contributed by atoms with Crippen molar-refractivity contribution >= 4 is 5.91 Å². The minimum Gasteiger partial charge on any atom is -0.351 e. The van der Waals surface area contributed by atoms with E-state index in [4.69, 9.17) is 4.52 Å². The van der Waals surface area contributed by atoms with E-state index in [0.717, 1.165) is 36.7 Å². The molecule has 0 bridgehead atoms. The molecule has 1 fully saturated rings. The minimum atomic E-state index is -0.0939. The molecule has 0 spiro atoms. The van der Waals surface area contributed by atoms with Gasteiger partial charge in [-0.3, -0.25) is 4.79 Å². The number of likely N-dealkylation sites (tertiary alicyclic amines) is 1. The molecule has 23 heavy (non-hydrogen) atoms. The second-order valence-electron chi connectivity index (χ2n) is 6.47. The Morgan fingerprint density at radius 3 is 2.78 bits per heavy atom. The van der Waals surface area contributed by atoms with Gasteiger partial charge in [0, 0.05) is 19.2 Å². The number of hydrogen-bond donors (Lipinski definition) is 0. The van der Waals surface area contributed by atoms with Gasteiger partial charge in [0.1, 0.15) is 11.6 Å². The monoisotopic (exact) mass is 317 g/mol. The van der Waals surface area contributed by atoms with E-state index in [1.807, 2.05) is 37.3 Å². The number of rotatable bonds is 3. The average molecular weight is 317 g/mol. The van der Waals surface area contributed by atoms with Gasteiger partial charge in [0.2, 0.25) is 5.76 Å². The quantitative estimate of drug-likeness (QED) is 0.869. The number of amides is 1. The van der Waals surface area contributed by atoms with E-state index in [1.54, 1.807) is 6.07 Å². The molecule has 3 rings (SSSR count). The summed E-state index contributed by atoms with van der Waals surface area (Å²) in [5.41, 5.74) is 0.810. The summed E-state index contributed by atoms with van der Waals surface area (Å²) in [6, 6.07) is 1.92. The molecule has 0 aliphatic carbocycles. The maximum absolute atomic E-state index is 12.6. The molecular formula is C16H23N5O2. The lowest BCUT2D eigenvalue weighted by Gasteiger charge is -2.32. The number of aryl methyl sites for hydroxylation is 2. The smallest absolute Gasteiger partial charge is 0.292 e. The zero-order chi connectivity index (χ0) is 16.6. The van der Waals surface area contributed by atoms with Crippen molar-refractivity contribution in [2.45, 2.75) is 52.5 Å². The molecular weight excluding hydrogens is 294 g/mol. The summed E-state index contributed by atoms with van der Waals surface area (Å²) < 4.78 is 7.17. The van der Waals surface area contributed by atoms with Gasteiger partial charge in [-0.1, -0.05) is 19.0 Å². The summed E-state index contributed by atoms with van der Waals surface area (Å²) in [6.45, 7) is 9.25. The lowest BCUT2D eigenvalue weighted by Crippen LogP contribution is -2.41. The van der Waals surface area contributed by atoms with Crippen LogP contribution in [0.3, 0.4) is 0 Å². The van der Waals surface area contributed by atoms with Crippen molar-refractivity contribution in [2.75, 3.05) is 13.1 Å². The van der Waals surface area contributed by atoms with Crippen molar-refractivity contribution in [1.29, 1.82) is 0 Å². The van der Waals surface area contributed by atoms with Crippen LogP contribution in [0.4, 0.5) is 0 Å². The third-order valence-electron chi connectivity index (χ3n) is 4.27. The van der Waals surface area contributed by atoms with E-state index >= 15 is 0 Å². The van der Waals surface area contributed by atoms with Gasteiger partial charge < -0.3 is 9.42 Å². The van der Waals surface area contributed by atoms with Gasteiger partial charge in [0.15, 0.2) is 0 Å². The number of carbonyl (C=O) groups excluding carboxylic acids is 1. The molecule has 1 atom stereocenters. The third-order valence-corrected chi connectivity index (χ3v) is 4.27. The first-order valence-corrected chi connectivity index (χ1v) is 8.11. The second-order valence-corrected chi connectivity index (χ2v) is 6.47. The van der Waals surface area contributed by atoms with Crippen molar-refractivity contribution < 1.29 is 9.32 Å². The Kier molecular flexibility index (Phi) is 4.19. The van der Waals surface area contributed by atoms with Crippen molar-refractivity contribution in [1.82, 2.24) is 24.8 Å². The fourth-order valence-corrected chi connectivity index (χ4v) is 3.04. The third kappa shape index (κ3) is 3.13. The molecule has 7 heteroatoms. The molecule has 1 saturated heterocycles. The van der Waals surface area contributed by atoms with Crippen LogP contribution in [0.2, 0.25) is 0 Å². The minimum absolute atomic E-state index is 0.0939. The molecule has 1 aliphatic heterocycles. The van der Waals surface area contributed by atoms with Crippen LogP contribution in [-0.2, 0) is 0 Å². The van der Waals surface area contributed by atoms with Crippen LogP contribution < -0.4 is 0 Å². The highest BCUT2D eigenvalue weighted by molar-refractivity contribution is 5.91. The highest BCUT2D eigenvalue weighted by Crippen LogP contribution is 2.24. The fraction of sp³-hybridized carbons (Fsp3) is 0.625. The highest BCUT2D eigenvalue weighted by Gasteiger charge is 2.29. The van der Waals surface area contributed by atoms with Gasteiger partial charge in [-0.2, -0.15) is 5.10 Å². The molecule has 0 aromatic carbocycles. The van der Waals surface area contributed by atoms with Crippen molar-refractivity contribution in [3.63, 3.8) is 0 Å². The summed E-state index contributed by atoms with van der Waals surface area (Å²) in [5.74, 6) is 2.13. The summed E-state index contributed by atoms with van der Waals surface area (Å²) >= 11 is 0. The summed E-state index contributed by atoms with van der Waals surface area (Å²) in [4.78, 5) is 18.8. The molecule has 0 N–H and O–H groups in total. The van der Waals surface area contributed by atoms with Crippen LogP contribution in [0.5, 0.6) is 0 Å².